The third kappa shape index (κ3) is 4.52. The first-order chi connectivity index (χ1) is 9.25. The van der Waals surface area contributed by atoms with Gasteiger partial charge in [-0.2, -0.15) is 0 Å². The fourth-order valence-electron chi connectivity index (χ4n) is 2.43. The molecule has 3 N–H and O–H groups in total. The number of rotatable bonds is 3. The van der Waals surface area contributed by atoms with Gasteiger partial charge in [0.05, 0.1) is 6.42 Å². The van der Waals surface area contributed by atoms with Crippen LogP contribution in [-0.2, 0) is 11.2 Å². The standard InChI is InChI=1S/C16H22N2O/c17-14-10-6-1-2-7-11-15(14)18-16(19)12-13-8-4-3-5-9-13/h1-5,8-9,14-15H,6-7,10-12,17H2,(H,18,19)/b2-1+. The van der Waals surface area contributed by atoms with Gasteiger partial charge < -0.3 is 11.1 Å². The summed E-state index contributed by atoms with van der Waals surface area (Å²) in [6.45, 7) is 0. The van der Waals surface area contributed by atoms with Gasteiger partial charge in [-0.15, -0.1) is 0 Å². The van der Waals surface area contributed by atoms with E-state index in [4.69, 9.17) is 5.73 Å². The molecule has 0 fully saturated rings. The van der Waals surface area contributed by atoms with Crippen molar-refractivity contribution in [1.29, 1.82) is 0 Å². The summed E-state index contributed by atoms with van der Waals surface area (Å²) in [5.74, 6) is 0.0659. The molecule has 2 rings (SSSR count). The molecule has 2 unspecified atom stereocenters. The van der Waals surface area contributed by atoms with Crippen molar-refractivity contribution in [2.45, 2.75) is 44.2 Å². The number of hydrogen-bond acceptors (Lipinski definition) is 2. The molecule has 0 aliphatic heterocycles. The van der Waals surface area contributed by atoms with E-state index in [0.717, 1.165) is 31.2 Å². The maximum atomic E-state index is 12.0. The smallest absolute Gasteiger partial charge is 0.224 e. The molecule has 0 heterocycles. The largest absolute Gasteiger partial charge is 0.352 e. The third-order valence-corrected chi connectivity index (χ3v) is 3.55. The molecule has 1 aliphatic rings. The number of allylic oxidation sites excluding steroid dienone is 2. The molecule has 0 radical (unpaired) electrons. The number of carbonyl (C=O) groups is 1. The lowest BCUT2D eigenvalue weighted by Crippen LogP contribution is -2.48. The van der Waals surface area contributed by atoms with Crippen molar-refractivity contribution >= 4 is 5.91 Å². The molecular weight excluding hydrogens is 236 g/mol. The molecule has 19 heavy (non-hydrogen) atoms. The zero-order valence-corrected chi connectivity index (χ0v) is 11.2. The molecule has 2 atom stereocenters. The Labute approximate surface area is 114 Å². The molecule has 1 aliphatic carbocycles. The summed E-state index contributed by atoms with van der Waals surface area (Å²) in [4.78, 5) is 12.0. The highest BCUT2D eigenvalue weighted by atomic mass is 16.1. The van der Waals surface area contributed by atoms with Gasteiger partial charge in [0.2, 0.25) is 5.91 Å². The minimum atomic E-state index is 0.0599. The Balaban J connectivity index is 1.88. The van der Waals surface area contributed by atoms with E-state index in [1.165, 1.54) is 0 Å². The van der Waals surface area contributed by atoms with Crippen LogP contribution in [-0.4, -0.2) is 18.0 Å². The second-order valence-corrected chi connectivity index (χ2v) is 5.13. The highest BCUT2D eigenvalue weighted by Gasteiger charge is 2.19. The summed E-state index contributed by atoms with van der Waals surface area (Å²) in [7, 11) is 0. The zero-order chi connectivity index (χ0) is 13.5. The van der Waals surface area contributed by atoms with Crippen LogP contribution in [0.1, 0.15) is 31.2 Å². The summed E-state index contributed by atoms with van der Waals surface area (Å²) in [5, 5.41) is 3.09. The lowest BCUT2D eigenvalue weighted by Gasteiger charge is -2.25. The lowest BCUT2D eigenvalue weighted by molar-refractivity contribution is -0.121. The van der Waals surface area contributed by atoms with Crippen molar-refractivity contribution in [3.05, 3.63) is 48.0 Å². The number of benzene rings is 1. The molecule has 0 aromatic heterocycles. The molecule has 0 spiro atoms. The number of nitrogens with one attached hydrogen (secondary N) is 1. The van der Waals surface area contributed by atoms with Crippen LogP contribution in [0.3, 0.4) is 0 Å². The van der Waals surface area contributed by atoms with Gasteiger partial charge in [-0.1, -0.05) is 42.5 Å². The van der Waals surface area contributed by atoms with Crippen molar-refractivity contribution in [2.24, 2.45) is 5.73 Å². The quantitative estimate of drug-likeness (QED) is 0.816. The molecule has 3 heteroatoms. The molecule has 1 aromatic rings. The van der Waals surface area contributed by atoms with Gasteiger partial charge in [0, 0.05) is 12.1 Å². The van der Waals surface area contributed by atoms with Crippen molar-refractivity contribution in [3.63, 3.8) is 0 Å². The van der Waals surface area contributed by atoms with Crippen LogP contribution in [0.4, 0.5) is 0 Å². The Morgan fingerprint density at radius 2 is 1.84 bits per heavy atom. The van der Waals surface area contributed by atoms with Crippen LogP contribution >= 0.6 is 0 Å². The lowest BCUT2D eigenvalue weighted by atomic mass is 9.96. The molecule has 0 saturated carbocycles. The highest BCUT2D eigenvalue weighted by molar-refractivity contribution is 5.78. The zero-order valence-electron chi connectivity index (χ0n) is 11.2. The Morgan fingerprint density at radius 1 is 1.16 bits per heavy atom. The topological polar surface area (TPSA) is 55.1 Å². The monoisotopic (exact) mass is 258 g/mol. The van der Waals surface area contributed by atoms with E-state index in [1.807, 2.05) is 30.3 Å². The summed E-state index contributed by atoms with van der Waals surface area (Å²) in [6.07, 6.45) is 8.66. The van der Waals surface area contributed by atoms with E-state index in [-0.39, 0.29) is 18.0 Å². The summed E-state index contributed by atoms with van der Waals surface area (Å²) in [5.41, 5.74) is 7.18. The van der Waals surface area contributed by atoms with E-state index < -0.39 is 0 Å². The van der Waals surface area contributed by atoms with Crippen molar-refractivity contribution < 1.29 is 4.79 Å². The molecule has 3 nitrogen and oxygen atoms in total. The van der Waals surface area contributed by atoms with Crippen LogP contribution in [0.2, 0.25) is 0 Å². The van der Waals surface area contributed by atoms with Gasteiger partial charge in [0.25, 0.3) is 0 Å². The Bertz CT molecular complexity index is 428. The van der Waals surface area contributed by atoms with Gasteiger partial charge in [0.15, 0.2) is 0 Å². The van der Waals surface area contributed by atoms with Crippen LogP contribution in [0, 0.1) is 0 Å². The van der Waals surface area contributed by atoms with Crippen LogP contribution in [0.5, 0.6) is 0 Å². The molecular formula is C16H22N2O. The number of hydrogen-bond donors (Lipinski definition) is 2. The van der Waals surface area contributed by atoms with Gasteiger partial charge in [-0.05, 0) is 31.2 Å². The maximum Gasteiger partial charge on any atom is 0.224 e. The van der Waals surface area contributed by atoms with Crippen molar-refractivity contribution in [3.8, 4) is 0 Å². The minimum absolute atomic E-state index is 0.0599. The Morgan fingerprint density at radius 3 is 2.58 bits per heavy atom. The van der Waals surface area contributed by atoms with Crippen LogP contribution in [0.15, 0.2) is 42.5 Å². The first kappa shape index (κ1) is 13.8. The number of carbonyl (C=O) groups excluding carboxylic acids is 1. The highest BCUT2D eigenvalue weighted by Crippen LogP contribution is 2.12. The summed E-state index contributed by atoms with van der Waals surface area (Å²) < 4.78 is 0. The molecule has 0 saturated heterocycles. The van der Waals surface area contributed by atoms with E-state index in [1.54, 1.807) is 0 Å². The van der Waals surface area contributed by atoms with E-state index in [2.05, 4.69) is 17.5 Å². The Hall–Kier alpha value is -1.61. The predicted molar refractivity (Wildman–Crippen MR) is 77.7 cm³/mol. The van der Waals surface area contributed by atoms with E-state index in [0.29, 0.717) is 6.42 Å². The molecule has 1 amide bonds. The van der Waals surface area contributed by atoms with Crippen molar-refractivity contribution in [1.82, 2.24) is 5.32 Å². The van der Waals surface area contributed by atoms with E-state index >= 15 is 0 Å². The van der Waals surface area contributed by atoms with E-state index in [9.17, 15) is 4.79 Å². The normalized spacial score (nSPS) is 25.1. The average molecular weight is 258 g/mol. The molecule has 1 aromatic carbocycles. The second kappa shape index (κ2) is 7.10. The first-order valence-corrected chi connectivity index (χ1v) is 6.99. The third-order valence-electron chi connectivity index (χ3n) is 3.55. The second-order valence-electron chi connectivity index (χ2n) is 5.13. The summed E-state index contributed by atoms with van der Waals surface area (Å²) >= 11 is 0. The maximum absolute atomic E-state index is 12.0. The average Bonchev–Trinajstić information content (AvgIpc) is 2.40. The fraction of sp³-hybridized carbons (Fsp3) is 0.438. The van der Waals surface area contributed by atoms with Gasteiger partial charge in [-0.3, -0.25) is 4.79 Å². The Kier molecular flexibility index (Phi) is 5.16. The minimum Gasteiger partial charge on any atom is -0.352 e. The fourth-order valence-corrected chi connectivity index (χ4v) is 2.43. The van der Waals surface area contributed by atoms with Crippen LogP contribution < -0.4 is 11.1 Å². The SMILES string of the molecule is NC1CC/C=C/CCC1NC(=O)Cc1ccccc1. The molecule has 102 valence electrons. The molecule has 0 bridgehead atoms. The number of nitrogens with two attached hydrogens (primary N) is 1. The predicted octanol–water partition coefficient (Wildman–Crippen LogP) is 2.17. The van der Waals surface area contributed by atoms with Gasteiger partial charge >= 0.3 is 0 Å². The van der Waals surface area contributed by atoms with Crippen molar-refractivity contribution in [2.75, 3.05) is 0 Å². The van der Waals surface area contributed by atoms with Gasteiger partial charge in [0.1, 0.15) is 0 Å². The summed E-state index contributed by atoms with van der Waals surface area (Å²) in [6, 6.07) is 9.97. The van der Waals surface area contributed by atoms with Gasteiger partial charge in [-0.25, -0.2) is 0 Å². The first-order valence-electron chi connectivity index (χ1n) is 6.99. The number of amides is 1. The van der Waals surface area contributed by atoms with Crippen LogP contribution in [0.25, 0.3) is 0 Å².